The molecule has 4 rings (SSSR count). The monoisotopic (exact) mass is 394 g/mol. The summed E-state index contributed by atoms with van der Waals surface area (Å²) in [6, 6.07) is 19.4. The van der Waals surface area contributed by atoms with Crippen LogP contribution in [0.1, 0.15) is 11.3 Å². The van der Waals surface area contributed by atoms with Crippen molar-refractivity contribution in [2.45, 2.75) is 6.92 Å². The zero-order valence-electron chi connectivity index (χ0n) is 14.4. The maximum absolute atomic E-state index is 6.55. The Labute approximate surface area is 165 Å². The summed E-state index contributed by atoms with van der Waals surface area (Å²) in [4.78, 5) is 0. The van der Waals surface area contributed by atoms with Crippen LogP contribution >= 0.6 is 23.8 Å². The summed E-state index contributed by atoms with van der Waals surface area (Å²) in [7, 11) is 0. The maximum Gasteiger partial charge on any atom is 0.216 e. The average Bonchev–Trinajstić information content (AvgIpc) is 3.21. The fourth-order valence-electron chi connectivity index (χ4n) is 2.69. The van der Waals surface area contributed by atoms with Crippen LogP contribution in [0.3, 0.4) is 0 Å². The minimum Gasteiger partial charge on any atom is -0.250 e. The van der Waals surface area contributed by atoms with Crippen molar-refractivity contribution >= 4 is 30.0 Å². The molecule has 0 saturated heterocycles. The lowest BCUT2D eigenvalue weighted by atomic mass is 10.2. The first-order valence-corrected chi connectivity index (χ1v) is 9.01. The van der Waals surface area contributed by atoms with Gasteiger partial charge in [-0.1, -0.05) is 60.1 Å². The molecular weight excluding hydrogens is 380 g/mol. The SMILES string of the molecule is Cc1nn(-c2ccccc2)c(Cl)c1C=Nn1c(-c2ccccc2)n[nH]c1=S. The van der Waals surface area contributed by atoms with Gasteiger partial charge in [0.25, 0.3) is 0 Å². The van der Waals surface area contributed by atoms with E-state index >= 15 is 0 Å². The van der Waals surface area contributed by atoms with E-state index in [1.165, 1.54) is 0 Å². The van der Waals surface area contributed by atoms with Crippen molar-refractivity contribution in [3.05, 3.63) is 81.8 Å². The molecule has 0 unspecified atom stereocenters. The van der Waals surface area contributed by atoms with E-state index in [-0.39, 0.29) is 0 Å². The number of para-hydroxylation sites is 1. The van der Waals surface area contributed by atoms with Gasteiger partial charge in [-0.15, -0.1) is 0 Å². The Bertz CT molecular complexity index is 1160. The normalized spacial score (nSPS) is 11.3. The minimum absolute atomic E-state index is 0.398. The van der Waals surface area contributed by atoms with E-state index in [2.05, 4.69) is 20.4 Å². The summed E-state index contributed by atoms with van der Waals surface area (Å²) >= 11 is 11.9. The second kappa shape index (κ2) is 7.30. The molecule has 2 aromatic carbocycles. The number of halogens is 1. The highest BCUT2D eigenvalue weighted by molar-refractivity contribution is 7.71. The van der Waals surface area contributed by atoms with Crippen molar-refractivity contribution in [3.63, 3.8) is 0 Å². The lowest BCUT2D eigenvalue weighted by Crippen LogP contribution is -1.97. The Morgan fingerprint density at radius 1 is 1.07 bits per heavy atom. The molecular formula is C19H15ClN6S. The maximum atomic E-state index is 6.55. The molecule has 2 aromatic heterocycles. The lowest BCUT2D eigenvalue weighted by Gasteiger charge is -2.02. The first-order valence-electron chi connectivity index (χ1n) is 8.23. The Kier molecular flexibility index (Phi) is 4.70. The number of hydrogen-bond acceptors (Lipinski definition) is 4. The first-order chi connectivity index (χ1) is 13.1. The summed E-state index contributed by atoms with van der Waals surface area (Å²) in [5.41, 5.74) is 3.28. The Morgan fingerprint density at radius 3 is 2.44 bits per heavy atom. The second-order valence-corrected chi connectivity index (χ2v) is 6.56. The number of aromatic nitrogens is 5. The molecule has 0 atom stereocenters. The largest absolute Gasteiger partial charge is 0.250 e. The molecule has 0 aliphatic heterocycles. The van der Waals surface area contributed by atoms with Crippen LogP contribution < -0.4 is 0 Å². The molecule has 0 fully saturated rings. The van der Waals surface area contributed by atoms with Crippen LogP contribution in [0.25, 0.3) is 17.1 Å². The molecule has 134 valence electrons. The predicted molar refractivity (Wildman–Crippen MR) is 109 cm³/mol. The Morgan fingerprint density at radius 2 is 1.74 bits per heavy atom. The molecule has 2 heterocycles. The first kappa shape index (κ1) is 17.4. The van der Waals surface area contributed by atoms with E-state index in [0.29, 0.717) is 15.7 Å². The van der Waals surface area contributed by atoms with Crippen molar-refractivity contribution in [2.75, 3.05) is 0 Å². The Balaban J connectivity index is 1.74. The van der Waals surface area contributed by atoms with Crippen molar-refractivity contribution in [1.29, 1.82) is 0 Å². The molecule has 0 amide bonds. The van der Waals surface area contributed by atoms with Gasteiger partial charge < -0.3 is 0 Å². The topological polar surface area (TPSA) is 63.8 Å². The van der Waals surface area contributed by atoms with E-state index in [1.807, 2.05) is 67.6 Å². The zero-order chi connectivity index (χ0) is 18.8. The highest BCUT2D eigenvalue weighted by atomic mass is 35.5. The number of nitrogens with zero attached hydrogens (tertiary/aromatic N) is 5. The molecule has 0 saturated carbocycles. The molecule has 8 heteroatoms. The van der Waals surface area contributed by atoms with Gasteiger partial charge >= 0.3 is 0 Å². The highest BCUT2D eigenvalue weighted by Gasteiger charge is 2.14. The van der Waals surface area contributed by atoms with E-state index in [1.54, 1.807) is 15.6 Å². The summed E-state index contributed by atoms with van der Waals surface area (Å²) in [5.74, 6) is 0.626. The van der Waals surface area contributed by atoms with Crippen molar-refractivity contribution in [2.24, 2.45) is 5.10 Å². The van der Waals surface area contributed by atoms with Gasteiger partial charge in [-0.05, 0) is 31.3 Å². The number of benzene rings is 2. The highest BCUT2D eigenvalue weighted by Crippen LogP contribution is 2.22. The summed E-state index contributed by atoms with van der Waals surface area (Å²) in [5, 5.41) is 16.6. The number of nitrogens with one attached hydrogen (secondary N) is 1. The zero-order valence-corrected chi connectivity index (χ0v) is 15.9. The second-order valence-electron chi connectivity index (χ2n) is 5.81. The van der Waals surface area contributed by atoms with Crippen LogP contribution in [0.4, 0.5) is 0 Å². The van der Waals surface area contributed by atoms with E-state index in [0.717, 1.165) is 22.5 Å². The van der Waals surface area contributed by atoms with Crippen LogP contribution in [0.2, 0.25) is 5.15 Å². The summed E-state index contributed by atoms with van der Waals surface area (Å²) in [6.45, 7) is 1.89. The van der Waals surface area contributed by atoms with Crippen molar-refractivity contribution in [3.8, 4) is 17.1 Å². The molecule has 27 heavy (non-hydrogen) atoms. The van der Waals surface area contributed by atoms with Gasteiger partial charge in [-0.2, -0.15) is 20.0 Å². The van der Waals surface area contributed by atoms with Crippen molar-refractivity contribution in [1.82, 2.24) is 24.7 Å². The van der Waals surface area contributed by atoms with Crippen LogP contribution in [-0.4, -0.2) is 30.9 Å². The number of aromatic amines is 1. The van der Waals surface area contributed by atoms with Gasteiger partial charge in [-0.25, -0.2) is 9.78 Å². The quantitative estimate of drug-likeness (QED) is 0.405. The van der Waals surface area contributed by atoms with Gasteiger partial charge in [0.1, 0.15) is 5.15 Å². The Hall–Kier alpha value is -3.03. The number of aryl methyl sites for hydroxylation is 1. The molecule has 0 aliphatic rings. The van der Waals surface area contributed by atoms with Gasteiger partial charge in [0.15, 0.2) is 5.82 Å². The van der Waals surface area contributed by atoms with Crippen LogP contribution in [0, 0.1) is 11.7 Å². The van der Waals surface area contributed by atoms with Gasteiger partial charge in [0, 0.05) is 5.56 Å². The van der Waals surface area contributed by atoms with Gasteiger partial charge in [0.2, 0.25) is 4.77 Å². The third-order valence-electron chi connectivity index (χ3n) is 4.03. The van der Waals surface area contributed by atoms with Crippen molar-refractivity contribution < 1.29 is 0 Å². The van der Waals surface area contributed by atoms with Crippen LogP contribution in [-0.2, 0) is 0 Å². The third-order valence-corrected chi connectivity index (χ3v) is 4.66. The van der Waals surface area contributed by atoms with E-state index in [4.69, 9.17) is 23.8 Å². The molecule has 0 radical (unpaired) electrons. The lowest BCUT2D eigenvalue weighted by molar-refractivity contribution is 0.863. The van der Waals surface area contributed by atoms with Gasteiger partial charge in [-0.3, -0.25) is 0 Å². The average molecular weight is 395 g/mol. The summed E-state index contributed by atoms with van der Waals surface area (Å²) < 4.78 is 3.65. The minimum atomic E-state index is 0.398. The molecule has 0 aliphatic carbocycles. The molecule has 6 nitrogen and oxygen atoms in total. The molecule has 1 N–H and O–H groups in total. The van der Waals surface area contributed by atoms with E-state index < -0.39 is 0 Å². The number of hydrogen-bond donors (Lipinski definition) is 1. The predicted octanol–water partition coefficient (Wildman–Crippen LogP) is 4.64. The fraction of sp³-hybridized carbons (Fsp3) is 0.0526. The molecule has 4 aromatic rings. The smallest absolute Gasteiger partial charge is 0.216 e. The molecule has 0 bridgehead atoms. The standard InChI is InChI=1S/C19H15ClN6S/c1-13-16(17(20)25(24-13)15-10-6-3-7-11-15)12-21-26-18(22-23-19(26)27)14-8-4-2-5-9-14/h2-12H,1H3,(H,23,27). The third kappa shape index (κ3) is 3.34. The molecule has 0 spiro atoms. The number of rotatable bonds is 4. The van der Waals surface area contributed by atoms with Gasteiger partial charge in [0.05, 0.1) is 23.2 Å². The van der Waals surface area contributed by atoms with Crippen LogP contribution in [0.5, 0.6) is 0 Å². The fourth-order valence-corrected chi connectivity index (χ4v) is 3.19. The van der Waals surface area contributed by atoms with Crippen LogP contribution in [0.15, 0.2) is 65.8 Å². The number of H-pyrrole nitrogens is 1. The summed E-state index contributed by atoms with van der Waals surface area (Å²) in [6.07, 6.45) is 1.65. The van der Waals surface area contributed by atoms with E-state index in [9.17, 15) is 0 Å².